The molecule has 0 fully saturated rings. The van der Waals surface area contributed by atoms with Crippen molar-refractivity contribution in [3.63, 3.8) is 0 Å². The van der Waals surface area contributed by atoms with Crippen molar-refractivity contribution in [1.29, 1.82) is 0 Å². The van der Waals surface area contributed by atoms with Crippen molar-refractivity contribution in [2.45, 2.75) is 6.29 Å². The Kier molecular flexibility index (Phi) is 5.69. The zero-order chi connectivity index (χ0) is 21.8. The average Bonchev–Trinajstić information content (AvgIpc) is 3.22. The quantitative estimate of drug-likeness (QED) is 0.627. The highest BCUT2D eigenvalue weighted by molar-refractivity contribution is 6.05. The molecule has 0 radical (unpaired) electrons. The molecule has 1 aromatic carbocycles. The number of ether oxygens (including phenoxy) is 2. The summed E-state index contributed by atoms with van der Waals surface area (Å²) in [5, 5.41) is 11.1. The van der Waals surface area contributed by atoms with Crippen LogP contribution in [0.2, 0.25) is 0 Å². The molecule has 2 aromatic heterocycles. The SMILES string of the molecule is COc1cc(NC2N=C(Nc3cccc(-c4ncn(C)n4)c3OC)C=CN2C)ccn1. The summed E-state index contributed by atoms with van der Waals surface area (Å²) in [5.41, 5.74) is 2.41. The number of hydrogen-bond donors (Lipinski definition) is 2. The average molecular weight is 420 g/mol. The summed E-state index contributed by atoms with van der Waals surface area (Å²) in [6.45, 7) is 0. The maximum Gasteiger partial charge on any atom is 0.214 e. The van der Waals surface area contributed by atoms with Crippen LogP contribution in [0.25, 0.3) is 11.4 Å². The van der Waals surface area contributed by atoms with Crippen LogP contribution in [0.5, 0.6) is 11.6 Å². The third-order valence-corrected chi connectivity index (χ3v) is 4.68. The monoisotopic (exact) mass is 420 g/mol. The lowest BCUT2D eigenvalue weighted by atomic mass is 10.1. The van der Waals surface area contributed by atoms with Crippen LogP contribution in [-0.2, 0) is 7.05 Å². The summed E-state index contributed by atoms with van der Waals surface area (Å²) < 4.78 is 12.5. The maximum absolute atomic E-state index is 5.67. The number of aryl methyl sites for hydroxylation is 1. The summed E-state index contributed by atoms with van der Waals surface area (Å²) >= 11 is 0. The smallest absolute Gasteiger partial charge is 0.214 e. The molecule has 31 heavy (non-hydrogen) atoms. The highest BCUT2D eigenvalue weighted by atomic mass is 16.5. The van der Waals surface area contributed by atoms with E-state index in [0.717, 1.165) is 16.9 Å². The van der Waals surface area contributed by atoms with Crippen LogP contribution in [0.15, 0.2) is 60.1 Å². The number of pyridine rings is 1. The van der Waals surface area contributed by atoms with Crippen LogP contribution in [0.4, 0.5) is 11.4 Å². The Morgan fingerprint density at radius 2 is 1.94 bits per heavy atom. The van der Waals surface area contributed by atoms with E-state index in [1.807, 2.05) is 61.6 Å². The van der Waals surface area contributed by atoms with Crippen molar-refractivity contribution in [3.8, 4) is 23.0 Å². The minimum Gasteiger partial charge on any atom is -0.494 e. The number of aromatic nitrogens is 4. The highest BCUT2D eigenvalue weighted by Gasteiger charge is 2.19. The van der Waals surface area contributed by atoms with E-state index in [4.69, 9.17) is 14.5 Å². The van der Waals surface area contributed by atoms with Gasteiger partial charge in [0.1, 0.15) is 12.2 Å². The largest absolute Gasteiger partial charge is 0.494 e. The molecule has 10 heteroatoms. The Bertz CT molecular complexity index is 1120. The van der Waals surface area contributed by atoms with Crippen LogP contribution < -0.4 is 20.1 Å². The summed E-state index contributed by atoms with van der Waals surface area (Å²) in [6.07, 6.45) is 6.87. The van der Waals surface area contributed by atoms with Crippen molar-refractivity contribution in [3.05, 3.63) is 55.1 Å². The second-order valence-corrected chi connectivity index (χ2v) is 6.85. The standard InChI is InChI=1S/C21H24N8O2/c1-28-11-9-17(26-21(28)24-14-8-10-22-18(12-14)30-3)25-16-7-5-6-15(19(16)31-4)20-23-13-29(2)27-20/h5-13,21H,1-4H3,(H,22,24)(H,25,26). The topological polar surface area (TPSA) is 102 Å². The predicted molar refractivity (Wildman–Crippen MR) is 119 cm³/mol. The van der Waals surface area contributed by atoms with Crippen LogP contribution in [0.3, 0.4) is 0 Å². The predicted octanol–water partition coefficient (Wildman–Crippen LogP) is 2.56. The van der Waals surface area contributed by atoms with Crippen LogP contribution in [0.1, 0.15) is 0 Å². The van der Waals surface area contributed by atoms with E-state index in [1.165, 1.54) is 0 Å². The Morgan fingerprint density at radius 1 is 1.06 bits per heavy atom. The zero-order valence-corrected chi connectivity index (χ0v) is 17.8. The molecular weight excluding hydrogens is 396 g/mol. The van der Waals surface area contributed by atoms with Crippen molar-refractivity contribution in [1.82, 2.24) is 24.6 Å². The van der Waals surface area contributed by atoms with Gasteiger partial charge in [-0.1, -0.05) is 6.07 Å². The van der Waals surface area contributed by atoms with E-state index in [-0.39, 0.29) is 6.29 Å². The molecule has 1 aliphatic heterocycles. The number of benzene rings is 1. The Balaban J connectivity index is 1.58. The second-order valence-electron chi connectivity index (χ2n) is 6.85. The molecule has 0 amide bonds. The molecule has 160 valence electrons. The van der Waals surface area contributed by atoms with Gasteiger partial charge in [0.2, 0.25) is 5.88 Å². The molecule has 3 aromatic rings. The molecule has 2 N–H and O–H groups in total. The Labute approximate surface area is 180 Å². The molecule has 4 rings (SSSR count). The van der Waals surface area contributed by atoms with Crippen LogP contribution in [-0.4, -0.2) is 58.0 Å². The van der Waals surface area contributed by atoms with Gasteiger partial charge in [-0.05, 0) is 24.3 Å². The lowest BCUT2D eigenvalue weighted by Crippen LogP contribution is -2.37. The molecule has 1 unspecified atom stereocenters. The number of nitrogens with one attached hydrogen (secondary N) is 2. The fourth-order valence-electron chi connectivity index (χ4n) is 3.14. The highest BCUT2D eigenvalue weighted by Crippen LogP contribution is 2.35. The molecule has 3 heterocycles. The molecule has 10 nitrogen and oxygen atoms in total. The molecule has 0 saturated carbocycles. The van der Waals surface area contributed by atoms with Crippen molar-refractivity contribution < 1.29 is 9.47 Å². The fourth-order valence-corrected chi connectivity index (χ4v) is 3.14. The number of amidine groups is 1. The minimum absolute atomic E-state index is 0.314. The lowest BCUT2D eigenvalue weighted by molar-refractivity contribution is 0.367. The van der Waals surface area contributed by atoms with Gasteiger partial charge in [0.25, 0.3) is 0 Å². The van der Waals surface area contributed by atoms with Crippen molar-refractivity contribution in [2.75, 3.05) is 31.9 Å². The summed E-state index contributed by atoms with van der Waals surface area (Å²) in [4.78, 5) is 15.2. The number of methoxy groups -OCH3 is 2. The molecule has 1 atom stereocenters. The van der Waals surface area contributed by atoms with Crippen LogP contribution >= 0.6 is 0 Å². The van der Waals surface area contributed by atoms with Gasteiger partial charge in [-0.25, -0.2) is 15.0 Å². The van der Waals surface area contributed by atoms with Crippen molar-refractivity contribution in [2.24, 2.45) is 12.0 Å². The maximum atomic E-state index is 5.67. The third-order valence-electron chi connectivity index (χ3n) is 4.68. The summed E-state index contributed by atoms with van der Waals surface area (Å²) in [5.74, 6) is 2.45. The van der Waals surface area contributed by atoms with Gasteiger partial charge in [0.05, 0.1) is 25.5 Å². The van der Waals surface area contributed by atoms with Gasteiger partial charge < -0.3 is 25.0 Å². The lowest BCUT2D eigenvalue weighted by Gasteiger charge is -2.29. The number of aliphatic imine (C=N–C) groups is 1. The van der Waals surface area contributed by atoms with Gasteiger partial charge in [-0.3, -0.25) is 4.68 Å². The molecule has 0 aliphatic carbocycles. The normalized spacial score (nSPS) is 15.4. The van der Waals surface area contributed by atoms with E-state index >= 15 is 0 Å². The first kappa shape index (κ1) is 20.2. The van der Waals surface area contributed by atoms with E-state index < -0.39 is 0 Å². The van der Waals surface area contributed by atoms with Crippen LogP contribution in [0, 0.1) is 0 Å². The third kappa shape index (κ3) is 4.42. The first-order valence-electron chi connectivity index (χ1n) is 9.62. The number of rotatable bonds is 6. The van der Waals surface area contributed by atoms with Gasteiger partial charge in [-0.2, -0.15) is 5.10 Å². The molecule has 0 spiro atoms. The molecule has 1 aliphatic rings. The Hall–Kier alpha value is -4.08. The molecule has 0 saturated heterocycles. The number of para-hydroxylation sites is 1. The summed E-state index contributed by atoms with van der Waals surface area (Å²) in [6, 6.07) is 9.46. The second kappa shape index (κ2) is 8.74. The minimum atomic E-state index is -0.314. The fraction of sp³-hybridized carbons (Fsp3) is 0.238. The molecular formula is C21H24N8O2. The first-order chi connectivity index (χ1) is 15.1. The van der Waals surface area contributed by atoms with Gasteiger partial charge in [-0.15, -0.1) is 0 Å². The van der Waals surface area contributed by atoms with E-state index in [1.54, 1.807) is 31.4 Å². The molecule has 0 bridgehead atoms. The van der Waals surface area contributed by atoms with Gasteiger partial charge >= 0.3 is 0 Å². The van der Waals surface area contributed by atoms with Crippen molar-refractivity contribution >= 4 is 17.2 Å². The zero-order valence-electron chi connectivity index (χ0n) is 17.8. The van der Waals surface area contributed by atoms with E-state index in [0.29, 0.717) is 23.3 Å². The van der Waals surface area contributed by atoms with Gasteiger partial charge in [0.15, 0.2) is 17.9 Å². The number of nitrogens with zero attached hydrogens (tertiary/aromatic N) is 6. The van der Waals surface area contributed by atoms with E-state index in [2.05, 4.69) is 25.7 Å². The van der Waals surface area contributed by atoms with E-state index in [9.17, 15) is 0 Å². The summed E-state index contributed by atoms with van der Waals surface area (Å²) in [7, 11) is 6.99. The van der Waals surface area contributed by atoms with Gasteiger partial charge in [0, 0.05) is 38.2 Å². The number of hydrogen-bond acceptors (Lipinski definition) is 9. The first-order valence-corrected chi connectivity index (χ1v) is 9.62. The number of anilines is 2. The Morgan fingerprint density at radius 3 is 2.68 bits per heavy atom.